The molecule has 1 aliphatic heterocycles. The van der Waals surface area contributed by atoms with Crippen molar-refractivity contribution < 1.29 is 14.0 Å². The molecule has 0 spiro atoms. The van der Waals surface area contributed by atoms with Gasteiger partial charge in [-0.2, -0.15) is 0 Å². The van der Waals surface area contributed by atoms with Crippen LogP contribution in [0.2, 0.25) is 0 Å². The predicted octanol–water partition coefficient (Wildman–Crippen LogP) is 5.74. The molecule has 4 nitrogen and oxygen atoms in total. The van der Waals surface area contributed by atoms with Crippen molar-refractivity contribution in [2.45, 2.75) is 46.1 Å². The number of nitrogens with zero attached hydrogens (tertiary/aromatic N) is 1. The molecular formula is C28H31FN2O2. The first-order chi connectivity index (χ1) is 15.9. The first-order valence-corrected chi connectivity index (χ1v) is 11.6. The lowest BCUT2D eigenvalue weighted by Crippen LogP contribution is -2.55. The van der Waals surface area contributed by atoms with E-state index in [2.05, 4.69) is 17.5 Å². The minimum absolute atomic E-state index is 0.00170. The van der Waals surface area contributed by atoms with Crippen LogP contribution in [0.5, 0.6) is 0 Å². The molecule has 1 saturated heterocycles. The molecule has 172 valence electrons. The lowest BCUT2D eigenvalue weighted by Gasteiger charge is -2.44. The number of nitrogens with one attached hydrogen (secondary N) is 1. The number of halogens is 1. The van der Waals surface area contributed by atoms with Gasteiger partial charge < -0.3 is 10.2 Å². The van der Waals surface area contributed by atoms with E-state index in [1.165, 1.54) is 11.6 Å². The van der Waals surface area contributed by atoms with Crippen LogP contribution in [0.3, 0.4) is 0 Å². The standard InChI is InChI=1S/C28H31FN2O2/c1-18-14-15-22(17-20(18)3)30-27(32)23-12-8-16-31(26(23)21-10-5-4-6-11-21)28(33)25-19(2)9-7-13-24(25)29/h4-7,9-10,13-15,17,21,23,26H,8,11-12,16H2,1-3H3,(H,30,32)/t21?,23?,26-/m0/s1. The molecule has 1 heterocycles. The van der Waals surface area contributed by atoms with Crippen LogP contribution in [0.1, 0.15) is 46.3 Å². The van der Waals surface area contributed by atoms with Gasteiger partial charge in [0, 0.05) is 18.2 Å². The molecule has 1 N–H and O–H groups in total. The summed E-state index contributed by atoms with van der Waals surface area (Å²) in [5, 5.41) is 3.08. The first kappa shape index (κ1) is 23.0. The van der Waals surface area contributed by atoms with Crippen molar-refractivity contribution in [2.24, 2.45) is 11.8 Å². The SMILES string of the molecule is Cc1ccc(NC(=O)C2CCCN(C(=O)c3c(C)cccc3F)[C@H]2C2C=CC=CC2)cc1C. The molecule has 33 heavy (non-hydrogen) atoms. The Balaban J connectivity index is 1.66. The molecule has 2 aromatic carbocycles. The Morgan fingerprint density at radius 2 is 1.85 bits per heavy atom. The van der Waals surface area contributed by atoms with E-state index in [1.807, 2.05) is 44.2 Å². The van der Waals surface area contributed by atoms with Crippen LogP contribution in [0.15, 0.2) is 60.7 Å². The maximum atomic E-state index is 14.7. The predicted molar refractivity (Wildman–Crippen MR) is 130 cm³/mol. The number of hydrogen-bond acceptors (Lipinski definition) is 2. The van der Waals surface area contributed by atoms with Gasteiger partial charge in [-0.05, 0) is 74.9 Å². The van der Waals surface area contributed by atoms with Crippen LogP contribution in [0.4, 0.5) is 10.1 Å². The molecule has 3 atom stereocenters. The third kappa shape index (κ3) is 4.77. The van der Waals surface area contributed by atoms with Gasteiger partial charge in [-0.25, -0.2) is 4.39 Å². The molecule has 2 amide bonds. The number of allylic oxidation sites excluding steroid dienone is 3. The molecular weight excluding hydrogens is 415 g/mol. The van der Waals surface area contributed by atoms with Gasteiger partial charge in [-0.1, -0.05) is 42.5 Å². The van der Waals surface area contributed by atoms with Gasteiger partial charge in [-0.3, -0.25) is 9.59 Å². The Morgan fingerprint density at radius 1 is 1.03 bits per heavy atom. The highest BCUT2D eigenvalue weighted by molar-refractivity contribution is 5.98. The number of rotatable bonds is 4. The van der Waals surface area contributed by atoms with Crippen molar-refractivity contribution in [3.63, 3.8) is 0 Å². The summed E-state index contributed by atoms with van der Waals surface area (Å²) in [6.07, 6.45) is 10.2. The summed E-state index contributed by atoms with van der Waals surface area (Å²) < 4.78 is 14.7. The second kappa shape index (κ2) is 9.74. The summed E-state index contributed by atoms with van der Waals surface area (Å²) >= 11 is 0. The summed E-state index contributed by atoms with van der Waals surface area (Å²) in [5.74, 6) is -1.31. The van der Waals surface area contributed by atoms with Gasteiger partial charge in [0.1, 0.15) is 5.82 Å². The summed E-state index contributed by atoms with van der Waals surface area (Å²) in [7, 11) is 0. The number of aryl methyl sites for hydroxylation is 3. The van der Waals surface area contributed by atoms with Crippen LogP contribution in [-0.2, 0) is 4.79 Å². The number of likely N-dealkylation sites (tertiary alicyclic amines) is 1. The van der Waals surface area contributed by atoms with Crippen LogP contribution in [-0.4, -0.2) is 29.3 Å². The number of carbonyl (C=O) groups is 2. The third-order valence-corrected chi connectivity index (χ3v) is 6.95. The summed E-state index contributed by atoms with van der Waals surface area (Å²) in [6.45, 7) is 6.32. The van der Waals surface area contributed by atoms with Crippen LogP contribution >= 0.6 is 0 Å². The Bertz CT molecular complexity index is 1100. The second-order valence-corrected chi connectivity index (χ2v) is 9.17. The van der Waals surface area contributed by atoms with E-state index in [4.69, 9.17) is 0 Å². The van der Waals surface area contributed by atoms with Crippen molar-refractivity contribution in [1.29, 1.82) is 0 Å². The van der Waals surface area contributed by atoms with Crippen molar-refractivity contribution in [3.8, 4) is 0 Å². The fraction of sp³-hybridized carbons (Fsp3) is 0.357. The zero-order valence-corrected chi connectivity index (χ0v) is 19.5. The van der Waals surface area contributed by atoms with Crippen molar-refractivity contribution in [2.75, 3.05) is 11.9 Å². The molecule has 0 aromatic heterocycles. The smallest absolute Gasteiger partial charge is 0.257 e. The molecule has 2 unspecified atom stereocenters. The number of benzene rings is 2. The van der Waals surface area contributed by atoms with Crippen LogP contribution in [0, 0.1) is 38.4 Å². The number of piperidine rings is 1. The molecule has 4 rings (SSSR count). The highest BCUT2D eigenvalue weighted by Crippen LogP contribution is 2.35. The van der Waals surface area contributed by atoms with E-state index in [0.717, 1.165) is 17.7 Å². The second-order valence-electron chi connectivity index (χ2n) is 9.17. The van der Waals surface area contributed by atoms with Gasteiger partial charge in [0.05, 0.1) is 17.5 Å². The Kier molecular flexibility index (Phi) is 6.77. The largest absolute Gasteiger partial charge is 0.334 e. The molecule has 0 saturated carbocycles. The molecule has 0 radical (unpaired) electrons. The minimum Gasteiger partial charge on any atom is -0.334 e. The van der Waals surface area contributed by atoms with Gasteiger partial charge >= 0.3 is 0 Å². The van der Waals surface area contributed by atoms with Gasteiger partial charge in [-0.15, -0.1) is 0 Å². The zero-order valence-electron chi connectivity index (χ0n) is 19.5. The molecule has 2 aromatic rings. The van der Waals surface area contributed by atoms with E-state index < -0.39 is 5.82 Å². The topological polar surface area (TPSA) is 49.4 Å². The number of amides is 2. The van der Waals surface area contributed by atoms with Crippen LogP contribution < -0.4 is 5.32 Å². The Hall–Kier alpha value is -3.21. The number of carbonyl (C=O) groups excluding carboxylic acids is 2. The van der Waals surface area contributed by atoms with Crippen molar-refractivity contribution >= 4 is 17.5 Å². The summed E-state index contributed by atoms with van der Waals surface area (Å²) in [5.41, 5.74) is 3.75. The molecule has 1 aliphatic carbocycles. The number of hydrogen-bond donors (Lipinski definition) is 1. The fourth-order valence-corrected chi connectivity index (χ4v) is 5.02. The molecule has 2 aliphatic rings. The van der Waals surface area contributed by atoms with Gasteiger partial charge in [0.25, 0.3) is 5.91 Å². The van der Waals surface area contributed by atoms with Gasteiger partial charge in [0.2, 0.25) is 5.91 Å². The minimum atomic E-state index is -0.514. The fourth-order valence-electron chi connectivity index (χ4n) is 5.02. The number of anilines is 1. The van der Waals surface area contributed by atoms with E-state index in [1.54, 1.807) is 24.0 Å². The molecule has 0 bridgehead atoms. The Labute approximate surface area is 195 Å². The maximum Gasteiger partial charge on any atom is 0.257 e. The lowest BCUT2D eigenvalue weighted by atomic mass is 9.77. The van der Waals surface area contributed by atoms with Crippen LogP contribution in [0.25, 0.3) is 0 Å². The van der Waals surface area contributed by atoms with E-state index >= 15 is 0 Å². The average Bonchev–Trinajstić information content (AvgIpc) is 2.81. The summed E-state index contributed by atoms with van der Waals surface area (Å²) in [4.78, 5) is 28.8. The molecule has 5 heteroatoms. The third-order valence-electron chi connectivity index (χ3n) is 6.95. The summed E-state index contributed by atoms with van der Waals surface area (Å²) in [6, 6.07) is 10.2. The van der Waals surface area contributed by atoms with Crippen molar-refractivity contribution in [3.05, 3.63) is 88.8 Å². The van der Waals surface area contributed by atoms with E-state index in [-0.39, 0.29) is 35.3 Å². The van der Waals surface area contributed by atoms with Crippen molar-refractivity contribution in [1.82, 2.24) is 4.90 Å². The quantitative estimate of drug-likeness (QED) is 0.651. The Morgan fingerprint density at radius 3 is 2.55 bits per heavy atom. The van der Waals surface area contributed by atoms with Gasteiger partial charge in [0.15, 0.2) is 0 Å². The monoisotopic (exact) mass is 446 g/mol. The molecule has 1 fully saturated rings. The average molecular weight is 447 g/mol. The lowest BCUT2D eigenvalue weighted by molar-refractivity contribution is -0.123. The maximum absolute atomic E-state index is 14.7. The van der Waals surface area contributed by atoms with E-state index in [9.17, 15) is 14.0 Å². The highest BCUT2D eigenvalue weighted by Gasteiger charge is 2.42. The highest BCUT2D eigenvalue weighted by atomic mass is 19.1. The normalized spacial score (nSPS) is 22.3. The zero-order chi connectivity index (χ0) is 23.5. The van der Waals surface area contributed by atoms with E-state index in [0.29, 0.717) is 24.9 Å². The first-order valence-electron chi connectivity index (χ1n) is 11.6.